The van der Waals surface area contributed by atoms with Gasteiger partial charge < -0.3 is 5.32 Å². The first-order valence-corrected chi connectivity index (χ1v) is 11.3. The molecule has 0 aliphatic carbocycles. The van der Waals surface area contributed by atoms with Crippen LogP contribution in [0.15, 0.2) is 82.2 Å². The third-order valence-electron chi connectivity index (χ3n) is 5.36. The van der Waals surface area contributed by atoms with Gasteiger partial charge >= 0.3 is 6.18 Å². The fourth-order valence-electron chi connectivity index (χ4n) is 3.58. The van der Waals surface area contributed by atoms with Crippen LogP contribution >= 0.6 is 11.8 Å². The van der Waals surface area contributed by atoms with Crippen LogP contribution < -0.4 is 10.2 Å². The SMILES string of the molecule is Cc1ccc(SC2=C(Nc3ccc(C)cc3C)C(=O)N(c3cccc(C(F)(F)F)c3)C2=O)cc1. The largest absolute Gasteiger partial charge is 0.416 e. The maximum absolute atomic E-state index is 13.4. The molecule has 174 valence electrons. The van der Waals surface area contributed by atoms with Crippen LogP contribution in [0, 0.1) is 20.8 Å². The van der Waals surface area contributed by atoms with E-state index >= 15 is 0 Å². The standard InChI is InChI=1S/C26H21F3N2O2S/c1-15-7-10-20(11-8-15)34-23-22(30-21-12-9-16(2)13-17(21)3)24(32)31(25(23)33)19-6-4-5-18(14-19)26(27,28)29/h4-14,30H,1-3H3. The summed E-state index contributed by atoms with van der Waals surface area (Å²) in [5.41, 5.74) is 2.52. The predicted molar refractivity (Wildman–Crippen MR) is 128 cm³/mol. The lowest BCUT2D eigenvalue weighted by atomic mass is 10.1. The number of thioether (sulfide) groups is 1. The molecule has 1 aliphatic heterocycles. The maximum Gasteiger partial charge on any atom is 0.416 e. The topological polar surface area (TPSA) is 49.4 Å². The fourth-order valence-corrected chi connectivity index (χ4v) is 4.51. The Kier molecular flexibility index (Phi) is 6.27. The Labute approximate surface area is 199 Å². The number of anilines is 2. The minimum absolute atomic E-state index is 0.0277. The summed E-state index contributed by atoms with van der Waals surface area (Å²) in [6.07, 6.45) is -4.60. The summed E-state index contributed by atoms with van der Waals surface area (Å²) in [7, 11) is 0. The number of alkyl halides is 3. The van der Waals surface area contributed by atoms with Gasteiger partial charge in [-0.2, -0.15) is 13.2 Å². The molecule has 3 aromatic carbocycles. The Bertz CT molecular complexity index is 1310. The molecule has 0 spiro atoms. The third-order valence-corrected chi connectivity index (χ3v) is 6.45. The number of carbonyl (C=O) groups excluding carboxylic acids is 2. The van der Waals surface area contributed by atoms with Crippen molar-refractivity contribution in [1.82, 2.24) is 0 Å². The highest BCUT2D eigenvalue weighted by Crippen LogP contribution is 2.39. The molecule has 0 atom stereocenters. The van der Waals surface area contributed by atoms with Crippen LogP contribution in [-0.4, -0.2) is 11.8 Å². The zero-order valence-electron chi connectivity index (χ0n) is 18.7. The second-order valence-corrected chi connectivity index (χ2v) is 9.14. The number of carbonyl (C=O) groups is 2. The van der Waals surface area contributed by atoms with Crippen molar-refractivity contribution in [3.8, 4) is 0 Å². The predicted octanol–water partition coefficient (Wildman–Crippen LogP) is 6.62. The van der Waals surface area contributed by atoms with E-state index in [1.165, 1.54) is 12.1 Å². The number of hydrogen-bond acceptors (Lipinski definition) is 4. The molecule has 0 unspecified atom stereocenters. The van der Waals surface area contributed by atoms with Crippen LogP contribution in [0.5, 0.6) is 0 Å². The third kappa shape index (κ3) is 4.72. The van der Waals surface area contributed by atoms with Crippen LogP contribution in [0.3, 0.4) is 0 Å². The van der Waals surface area contributed by atoms with E-state index in [-0.39, 0.29) is 16.3 Å². The Balaban J connectivity index is 1.77. The van der Waals surface area contributed by atoms with Crippen LogP contribution in [0.4, 0.5) is 24.5 Å². The molecule has 0 radical (unpaired) electrons. The molecule has 0 bridgehead atoms. The Hall–Kier alpha value is -3.52. The summed E-state index contributed by atoms with van der Waals surface area (Å²) in [6, 6.07) is 17.2. The summed E-state index contributed by atoms with van der Waals surface area (Å²) >= 11 is 1.10. The summed E-state index contributed by atoms with van der Waals surface area (Å²) in [4.78, 5) is 28.4. The van der Waals surface area contributed by atoms with E-state index in [4.69, 9.17) is 0 Å². The molecule has 8 heteroatoms. The number of benzene rings is 3. The highest BCUT2D eigenvalue weighted by atomic mass is 32.2. The minimum Gasteiger partial charge on any atom is -0.350 e. The highest BCUT2D eigenvalue weighted by Gasteiger charge is 2.41. The lowest BCUT2D eigenvalue weighted by molar-refractivity contribution is -0.137. The second kappa shape index (κ2) is 9.02. The number of imide groups is 1. The van der Waals surface area contributed by atoms with Crippen molar-refractivity contribution in [3.63, 3.8) is 0 Å². The number of aryl methyl sites for hydroxylation is 3. The number of hydrogen-bond donors (Lipinski definition) is 1. The van der Waals surface area contributed by atoms with Crippen molar-refractivity contribution in [1.29, 1.82) is 0 Å². The first-order chi connectivity index (χ1) is 16.0. The van der Waals surface area contributed by atoms with Crippen molar-refractivity contribution in [2.45, 2.75) is 31.8 Å². The number of halogens is 3. The molecule has 2 amide bonds. The van der Waals surface area contributed by atoms with Crippen molar-refractivity contribution in [3.05, 3.63) is 99.6 Å². The van der Waals surface area contributed by atoms with Gasteiger partial charge in [-0.15, -0.1) is 0 Å². The number of rotatable bonds is 5. The van der Waals surface area contributed by atoms with Gasteiger partial charge in [0.2, 0.25) is 0 Å². The van der Waals surface area contributed by atoms with Crippen LogP contribution in [0.2, 0.25) is 0 Å². The van der Waals surface area contributed by atoms with Crippen molar-refractivity contribution in [2.24, 2.45) is 0 Å². The van der Waals surface area contributed by atoms with Gasteiger partial charge in [0.25, 0.3) is 11.8 Å². The van der Waals surface area contributed by atoms with E-state index < -0.39 is 23.6 Å². The highest BCUT2D eigenvalue weighted by molar-refractivity contribution is 8.04. The van der Waals surface area contributed by atoms with Crippen molar-refractivity contribution < 1.29 is 22.8 Å². The molecule has 0 fully saturated rings. The molecule has 3 aromatic rings. The molecule has 0 saturated heterocycles. The van der Waals surface area contributed by atoms with E-state index in [0.717, 1.165) is 50.4 Å². The molecule has 1 N–H and O–H groups in total. The van der Waals surface area contributed by atoms with Crippen molar-refractivity contribution >= 4 is 35.0 Å². The smallest absolute Gasteiger partial charge is 0.350 e. The van der Waals surface area contributed by atoms with E-state index in [0.29, 0.717) is 5.69 Å². The van der Waals surface area contributed by atoms with Crippen molar-refractivity contribution in [2.75, 3.05) is 10.2 Å². The van der Waals surface area contributed by atoms with E-state index in [9.17, 15) is 22.8 Å². The number of amides is 2. The average molecular weight is 483 g/mol. The van der Waals surface area contributed by atoms with Crippen LogP contribution in [0.25, 0.3) is 0 Å². The molecule has 1 heterocycles. The van der Waals surface area contributed by atoms with Gasteiger partial charge in [0, 0.05) is 10.6 Å². The molecule has 1 aliphatic rings. The van der Waals surface area contributed by atoms with Gasteiger partial charge in [0.05, 0.1) is 11.3 Å². The molecule has 4 rings (SSSR count). The fraction of sp³-hybridized carbons (Fsp3) is 0.154. The molecule has 34 heavy (non-hydrogen) atoms. The summed E-state index contributed by atoms with van der Waals surface area (Å²) in [5, 5.41) is 3.07. The first kappa shape index (κ1) is 23.6. The second-order valence-electron chi connectivity index (χ2n) is 8.06. The lowest BCUT2D eigenvalue weighted by Crippen LogP contribution is -2.32. The van der Waals surface area contributed by atoms with Gasteiger partial charge in [-0.1, -0.05) is 53.2 Å². The Morgan fingerprint density at radius 1 is 0.824 bits per heavy atom. The van der Waals surface area contributed by atoms with E-state index in [1.54, 1.807) is 6.07 Å². The quantitative estimate of drug-likeness (QED) is 0.415. The zero-order valence-corrected chi connectivity index (χ0v) is 19.5. The van der Waals surface area contributed by atoms with E-state index in [1.807, 2.05) is 57.2 Å². The molecule has 4 nitrogen and oxygen atoms in total. The van der Waals surface area contributed by atoms with Gasteiger partial charge in [0.15, 0.2) is 0 Å². The average Bonchev–Trinajstić information content (AvgIpc) is 3.00. The molecular formula is C26H21F3N2O2S. The zero-order chi connectivity index (χ0) is 24.6. The molecule has 0 aromatic heterocycles. The Morgan fingerprint density at radius 3 is 2.15 bits per heavy atom. The lowest BCUT2D eigenvalue weighted by Gasteiger charge is -2.17. The summed E-state index contributed by atoms with van der Waals surface area (Å²) in [6.45, 7) is 5.74. The molecule has 0 saturated carbocycles. The number of nitrogens with zero attached hydrogens (tertiary/aromatic N) is 1. The normalized spacial score (nSPS) is 14.2. The van der Waals surface area contributed by atoms with Crippen LogP contribution in [0.1, 0.15) is 22.3 Å². The van der Waals surface area contributed by atoms with Crippen LogP contribution in [-0.2, 0) is 15.8 Å². The first-order valence-electron chi connectivity index (χ1n) is 10.4. The van der Waals surface area contributed by atoms with Gasteiger partial charge in [-0.05, 0) is 62.7 Å². The Morgan fingerprint density at radius 2 is 1.50 bits per heavy atom. The van der Waals surface area contributed by atoms with E-state index in [2.05, 4.69) is 5.32 Å². The van der Waals surface area contributed by atoms with Gasteiger partial charge in [-0.25, -0.2) is 4.90 Å². The summed E-state index contributed by atoms with van der Waals surface area (Å²) < 4.78 is 39.8. The monoisotopic (exact) mass is 482 g/mol. The van der Waals surface area contributed by atoms with Gasteiger partial charge in [-0.3, -0.25) is 9.59 Å². The molecular weight excluding hydrogens is 461 g/mol. The number of nitrogens with one attached hydrogen (secondary N) is 1. The maximum atomic E-state index is 13.4. The van der Waals surface area contributed by atoms with Gasteiger partial charge in [0.1, 0.15) is 10.6 Å². The summed E-state index contributed by atoms with van der Waals surface area (Å²) in [5.74, 6) is -1.39. The minimum atomic E-state index is -4.60.